The summed E-state index contributed by atoms with van der Waals surface area (Å²) < 4.78 is 11.3. The smallest absolute Gasteiger partial charge is 0.259 e. The largest absolute Gasteiger partial charge is 0.477 e. The minimum atomic E-state index is -0.0911. The molecule has 1 aliphatic rings. The Morgan fingerprint density at radius 1 is 1.33 bits per heavy atom. The minimum absolute atomic E-state index is 0.0843. The molecule has 2 aromatic heterocycles. The number of nitrogens with zero attached hydrogens (tertiary/aromatic N) is 4. The van der Waals surface area contributed by atoms with Gasteiger partial charge < -0.3 is 14.4 Å². The van der Waals surface area contributed by atoms with Gasteiger partial charge >= 0.3 is 0 Å². The van der Waals surface area contributed by atoms with Crippen LogP contribution < -0.4 is 9.47 Å². The van der Waals surface area contributed by atoms with E-state index >= 15 is 0 Å². The minimum Gasteiger partial charge on any atom is -0.477 e. The molecule has 126 valence electrons. The van der Waals surface area contributed by atoms with Crippen molar-refractivity contribution in [2.45, 2.75) is 25.9 Å². The Morgan fingerprint density at radius 3 is 3.00 bits per heavy atom. The van der Waals surface area contributed by atoms with Gasteiger partial charge in [-0.1, -0.05) is 0 Å². The van der Waals surface area contributed by atoms with E-state index in [2.05, 4.69) is 15.2 Å². The molecule has 7 heteroatoms. The van der Waals surface area contributed by atoms with Crippen LogP contribution in [0.1, 0.15) is 30.1 Å². The van der Waals surface area contributed by atoms with Crippen LogP contribution in [0.5, 0.6) is 11.8 Å². The number of rotatable bonds is 5. The molecule has 1 saturated heterocycles. The van der Waals surface area contributed by atoms with Crippen molar-refractivity contribution >= 4 is 5.91 Å². The van der Waals surface area contributed by atoms with Gasteiger partial charge in [-0.2, -0.15) is 5.10 Å². The lowest BCUT2D eigenvalue weighted by molar-refractivity contribution is 0.0521. The summed E-state index contributed by atoms with van der Waals surface area (Å²) >= 11 is 0. The maximum atomic E-state index is 12.8. The number of hydrogen-bond donors (Lipinski definition) is 0. The molecule has 0 aromatic carbocycles. The molecular weight excluding hydrogens is 308 g/mol. The molecule has 0 N–H and O–H groups in total. The lowest BCUT2D eigenvalue weighted by atomic mass is 10.1. The number of aromatic nitrogens is 3. The molecule has 3 rings (SSSR count). The van der Waals surface area contributed by atoms with E-state index in [1.54, 1.807) is 41.6 Å². The zero-order valence-electron chi connectivity index (χ0n) is 13.6. The molecule has 1 atom stereocenters. The second kappa shape index (κ2) is 7.72. The standard InChI is InChI=1S/C17H20N4O3/c1-2-23-16-14(7-3-9-18-16)17(22)21-11-5-6-13(12-21)24-15-8-4-10-19-20-15/h3-4,7-10,13H,2,5-6,11-12H2,1H3/t13-/m0/s1. The third kappa shape index (κ3) is 3.79. The van der Waals surface area contributed by atoms with Gasteiger partial charge in [-0.15, -0.1) is 5.10 Å². The molecule has 1 fully saturated rings. The van der Waals surface area contributed by atoms with Crippen molar-refractivity contribution < 1.29 is 14.3 Å². The highest BCUT2D eigenvalue weighted by Crippen LogP contribution is 2.21. The zero-order chi connectivity index (χ0) is 16.8. The van der Waals surface area contributed by atoms with Crippen LogP contribution in [0.25, 0.3) is 0 Å². The second-order valence-corrected chi connectivity index (χ2v) is 5.48. The Labute approximate surface area is 140 Å². The Bertz CT molecular complexity index is 681. The van der Waals surface area contributed by atoms with Crippen molar-refractivity contribution in [3.63, 3.8) is 0 Å². The van der Waals surface area contributed by atoms with Gasteiger partial charge in [0.05, 0.1) is 13.2 Å². The Balaban J connectivity index is 1.69. The summed E-state index contributed by atoms with van der Waals surface area (Å²) in [6.45, 7) is 3.54. The number of carbonyl (C=O) groups is 1. The van der Waals surface area contributed by atoms with E-state index in [-0.39, 0.29) is 12.0 Å². The topological polar surface area (TPSA) is 77.4 Å². The second-order valence-electron chi connectivity index (χ2n) is 5.48. The average molecular weight is 328 g/mol. The van der Waals surface area contributed by atoms with Gasteiger partial charge in [0.25, 0.3) is 5.91 Å². The highest BCUT2D eigenvalue weighted by molar-refractivity contribution is 5.96. The molecule has 1 aliphatic heterocycles. The molecule has 0 radical (unpaired) electrons. The van der Waals surface area contributed by atoms with E-state index in [1.807, 2.05) is 6.92 Å². The third-order valence-corrected chi connectivity index (χ3v) is 3.78. The van der Waals surface area contributed by atoms with Crippen molar-refractivity contribution in [3.05, 3.63) is 42.2 Å². The summed E-state index contributed by atoms with van der Waals surface area (Å²) in [5.74, 6) is 0.772. The van der Waals surface area contributed by atoms with Crippen LogP contribution in [0.3, 0.4) is 0 Å². The predicted molar refractivity (Wildman–Crippen MR) is 87.0 cm³/mol. The molecule has 24 heavy (non-hydrogen) atoms. The van der Waals surface area contributed by atoms with Crippen LogP contribution in [-0.2, 0) is 0 Å². The predicted octanol–water partition coefficient (Wildman–Crippen LogP) is 1.95. The molecule has 3 heterocycles. The third-order valence-electron chi connectivity index (χ3n) is 3.78. The fourth-order valence-electron chi connectivity index (χ4n) is 2.72. The van der Waals surface area contributed by atoms with Gasteiger partial charge in [-0.25, -0.2) is 4.98 Å². The first-order valence-electron chi connectivity index (χ1n) is 8.09. The maximum Gasteiger partial charge on any atom is 0.259 e. The first-order chi connectivity index (χ1) is 11.8. The molecule has 0 unspecified atom stereocenters. The Hall–Kier alpha value is -2.70. The van der Waals surface area contributed by atoms with E-state index in [4.69, 9.17) is 9.47 Å². The van der Waals surface area contributed by atoms with Crippen LogP contribution >= 0.6 is 0 Å². The number of ether oxygens (including phenoxy) is 2. The van der Waals surface area contributed by atoms with E-state index in [9.17, 15) is 4.79 Å². The summed E-state index contributed by atoms with van der Waals surface area (Å²) in [7, 11) is 0. The van der Waals surface area contributed by atoms with Gasteiger partial charge in [-0.05, 0) is 38.0 Å². The van der Waals surface area contributed by atoms with Crippen LogP contribution in [0.2, 0.25) is 0 Å². The Kier molecular flexibility index (Phi) is 5.20. The van der Waals surface area contributed by atoms with E-state index in [0.717, 1.165) is 12.8 Å². The highest BCUT2D eigenvalue weighted by Gasteiger charge is 2.27. The van der Waals surface area contributed by atoms with Gasteiger partial charge in [0.15, 0.2) is 0 Å². The van der Waals surface area contributed by atoms with Crippen LogP contribution in [0, 0.1) is 0 Å². The summed E-state index contributed by atoms with van der Waals surface area (Å²) in [6.07, 6.45) is 4.89. The fraction of sp³-hybridized carbons (Fsp3) is 0.412. The average Bonchev–Trinajstić information content (AvgIpc) is 2.63. The van der Waals surface area contributed by atoms with Gasteiger partial charge in [0, 0.05) is 25.0 Å². The van der Waals surface area contributed by atoms with Crippen molar-refractivity contribution in [2.75, 3.05) is 19.7 Å². The van der Waals surface area contributed by atoms with Gasteiger partial charge in [-0.3, -0.25) is 4.79 Å². The van der Waals surface area contributed by atoms with Crippen molar-refractivity contribution in [3.8, 4) is 11.8 Å². The molecule has 2 aromatic rings. The molecule has 0 spiro atoms. The quantitative estimate of drug-likeness (QED) is 0.835. The van der Waals surface area contributed by atoms with Crippen molar-refractivity contribution in [1.29, 1.82) is 0 Å². The summed E-state index contributed by atoms with van der Waals surface area (Å²) in [6, 6.07) is 7.03. The van der Waals surface area contributed by atoms with Crippen LogP contribution in [0.15, 0.2) is 36.7 Å². The molecule has 0 aliphatic carbocycles. The number of pyridine rings is 1. The summed E-state index contributed by atoms with van der Waals surface area (Å²) in [5, 5.41) is 7.74. The maximum absolute atomic E-state index is 12.8. The molecule has 0 saturated carbocycles. The normalized spacial score (nSPS) is 17.4. The number of amides is 1. The highest BCUT2D eigenvalue weighted by atomic mass is 16.5. The van der Waals surface area contributed by atoms with E-state index in [0.29, 0.717) is 37.0 Å². The first-order valence-corrected chi connectivity index (χ1v) is 8.09. The van der Waals surface area contributed by atoms with Crippen molar-refractivity contribution in [1.82, 2.24) is 20.1 Å². The fourth-order valence-corrected chi connectivity index (χ4v) is 2.72. The zero-order valence-corrected chi connectivity index (χ0v) is 13.6. The van der Waals surface area contributed by atoms with Gasteiger partial charge in [0.2, 0.25) is 11.8 Å². The number of likely N-dealkylation sites (tertiary alicyclic amines) is 1. The lowest BCUT2D eigenvalue weighted by Gasteiger charge is -2.32. The molecule has 0 bridgehead atoms. The number of piperidine rings is 1. The van der Waals surface area contributed by atoms with Crippen molar-refractivity contribution in [2.24, 2.45) is 0 Å². The lowest BCUT2D eigenvalue weighted by Crippen LogP contribution is -2.44. The molecular formula is C17H20N4O3. The summed E-state index contributed by atoms with van der Waals surface area (Å²) in [4.78, 5) is 18.7. The molecule has 1 amide bonds. The SMILES string of the molecule is CCOc1ncccc1C(=O)N1CCC[C@H](Oc2cccnn2)C1. The number of hydrogen-bond acceptors (Lipinski definition) is 6. The van der Waals surface area contributed by atoms with Crippen LogP contribution in [0.4, 0.5) is 0 Å². The van der Waals surface area contributed by atoms with E-state index in [1.165, 1.54) is 0 Å². The van der Waals surface area contributed by atoms with Crippen LogP contribution in [-0.4, -0.2) is 51.8 Å². The summed E-state index contributed by atoms with van der Waals surface area (Å²) in [5.41, 5.74) is 0.486. The monoisotopic (exact) mass is 328 g/mol. The van der Waals surface area contributed by atoms with E-state index < -0.39 is 0 Å². The Morgan fingerprint density at radius 2 is 2.21 bits per heavy atom. The molecule has 7 nitrogen and oxygen atoms in total. The number of carbonyl (C=O) groups excluding carboxylic acids is 1. The van der Waals surface area contributed by atoms with Gasteiger partial charge in [0.1, 0.15) is 11.7 Å². The first kappa shape index (κ1) is 16.2.